The molecule has 3 rings (SSSR count). The van der Waals surface area contributed by atoms with Gasteiger partial charge < -0.3 is 10.2 Å². The zero-order chi connectivity index (χ0) is 26.1. The van der Waals surface area contributed by atoms with Crippen LogP contribution in [-0.2, 0) is 26.2 Å². The first-order valence-corrected chi connectivity index (χ1v) is 14.0. The number of carbonyl (C=O) groups excluding carboxylic acids is 2. The maximum Gasteiger partial charge on any atom is 0.242 e. The molecule has 2 amide bonds. The highest BCUT2D eigenvalue weighted by Crippen LogP contribution is 2.19. The van der Waals surface area contributed by atoms with Crippen LogP contribution >= 0.6 is 0 Å². The van der Waals surface area contributed by atoms with Gasteiger partial charge in [-0.25, -0.2) is 17.1 Å². The van der Waals surface area contributed by atoms with Crippen LogP contribution in [0.2, 0.25) is 0 Å². The van der Waals surface area contributed by atoms with Gasteiger partial charge in [0.2, 0.25) is 21.8 Å². The molecule has 0 heterocycles. The first-order chi connectivity index (χ1) is 17.2. The molecule has 1 N–H and O–H groups in total. The van der Waals surface area contributed by atoms with Crippen molar-refractivity contribution in [2.75, 3.05) is 13.6 Å². The lowest BCUT2D eigenvalue weighted by molar-refractivity contribution is -0.141. The van der Waals surface area contributed by atoms with Crippen LogP contribution in [0.5, 0.6) is 0 Å². The van der Waals surface area contributed by atoms with Crippen LogP contribution in [0.25, 0.3) is 0 Å². The van der Waals surface area contributed by atoms with Gasteiger partial charge in [-0.05, 0) is 56.0 Å². The van der Waals surface area contributed by atoms with Crippen LogP contribution in [0.15, 0.2) is 59.5 Å². The van der Waals surface area contributed by atoms with Gasteiger partial charge in [-0.3, -0.25) is 9.59 Å². The molecule has 1 saturated carbocycles. The van der Waals surface area contributed by atoms with E-state index < -0.39 is 16.1 Å². The Morgan fingerprint density at radius 2 is 1.67 bits per heavy atom. The third-order valence-electron chi connectivity index (χ3n) is 6.70. The molecule has 1 fully saturated rings. The van der Waals surface area contributed by atoms with Crippen LogP contribution in [0.3, 0.4) is 0 Å². The molecule has 0 aromatic heterocycles. The van der Waals surface area contributed by atoms with Crippen molar-refractivity contribution in [3.63, 3.8) is 0 Å². The van der Waals surface area contributed by atoms with Gasteiger partial charge in [-0.15, -0.1) is 0 Å². The summed E-state index contributed by atoms with van der Waals surface area (Å²) in [6.07, 6.45) is 5.59. The summed E-state index contributed by atoms with van der Waals surface area (Å²) in [5, 5.41) is 3.08. The fraction of sp³-hybridized carbons (Fsp3) is 0.481. The third kappa shape index (κ3) is 7.61. The van der Waals surface area contributed by atoms with E-state index in [0.29, 0.717) is 12.0 Å². The first kappa shape index (κ1) is 27.8. The lowest BCUT2D eigenvalue weighted by atomic mass is 9.95. The highest BCUT2D eigenvalue weighted by molar-refractivity contribution is 7.89. The summed E-state index contributed by atoms with van der Waals surface area (Å²) in [6.45, 7) is 2.03. The number of nitrogens with zero attached hydrogens (tertiary/aromatic N) is 2. The Balaban J connectivity index is 1.64. The van der Waals surface area contributed by atoms with Gasteiger partial charge in [0.05, 0.1) is 4.90 Å². The van der Waals surface area contributed by atoms with Crippen molar-refractivity contribution in [3.05, 3.63) is 66.0 Å². The number of amides is 2. The number of hydrogen-bond acceptors (Lipinski definition) is 4. The molecule has 0 saturated heterocycles. The molecule has 0 aliphatic heterocycles. The molecule has 0 spiro atoms. The zero-order valence-corrected chi connectivity index (χ0v) is 21.8. The molecule has 0 bridgehead atoms. The number of benzene rings is 2. The van der Waals surface area contributed by atoms with Gasteiger partial charge >= 0.3 is 0 Å². The van der Waals surface area contributed by atoms with Gasteiger partial charge in [0.1, 0.15) is 11.9 Å². The number of nitrogens with one attached hydrogen (secondary N) is 1. The molecule has 1 aliphatic rings. The van der Waals surface area contributed by atoms with E-state index in [4.69, 9.17) is 0 Å². The van der Waals surface area contributed by atoms with E-state index in [9.17, 15) is 22.4 Å². The number of rotatable bonds is 11. The van der Waals surface area contributed by atoms with Crippen molar-refractivity contribution in [2.24, 2.45) is 0 Å². The molecule has 0 radical (unpaired) electrons. The highest BCUT2D eigenvalue weighted by Gasteiger charge is 2.28. The summed E-state index contributed by atoms with van der Waals surface area (Å²) >= 11 is 0. The standard InChI is InChI=1S/C27H36FN3O4S/c1-21(27(33)29-24-10-5-3-6-11-24)31(20-22-15-17-23(28)18-16-22)26(32)14-9-19-30(2)36(34,35)25-12-7-4-8-13-25/h4,7-8,12-13,15-18,21,24H,3,5-6,9-11,14,19-20H2,1-2H3,(H,29,33)/t21-/m0/s1. The van der Waals surface area contributed by atoms with Crippen LogP contribution < -0.4 is 5.32 Å². The average Bonchev–Trinajstić information content (AvgIpc) is 2.88. The van der Waals surface area contributed by atoms with Crippen molar-refractivity contribution >= 4 is 21.8 Å². The Labute approximate surface area is 213 Å². The van der Waals surface area contributed by atoms with Gasteiger partial charge in [0.15, 0.2) is 0 Å². The molecule has 36 heavy (non-hydrogen) atoms. The number of halogens is 1. The quantitative estimate of drug-likeness (QED) is 0.486. The molecular weight excluding hydrogens is 481 g/mol. The normalized spacial score (nSPS) is 15.4. The molecule has 2 aromatic rings. The van der Waals surface area contributed by atoms with E-state index in [1.54, 1.807) is 37.3 Å². The average molecular weight is 518 g/mol. The second-order valence-corrected chi connectivity index (χ2v) is 11.5. The molecule has 9 heteroatoms. The molecule has 196 valence electrons. The Morgan fingerprint density at radius 1 is 1.03 bits per heavy atom. The number of hydrogen-bond donors (Lipinski definition) is 1. The van der Waals surface area contributed by atoms with Crippen molar-refractivity contribution < 1.29 is 22.4 Å². The molecule has 0 unspecified atom stereocenters. The lowest BCUT2D eigenvalue weighted by Crippen LogP contribution is -2.50. The minimum atomic E-state index is -3.65. The Kier molecular flexibility index (Phi) is 10.0. The lowest BCUT2D eigenvalue weighted by Gasteiger charge is -2.31. The van der Waals surface area contributed by atoms with Crippen molar-refractivity contribution in [2.45, 2.75) is 75.4 Å². The number of sulfonamides is 1. The fourth-order valence-electron chi connectivity index (χ4n) is 4.43. The first-order valence-electron chi connectivity index (χ1n) is 12.5. The SMILES string of the molecule is C[C@@H](C(=O)NC1CCCCC1)N(Cc1ccc(F)cc1)C(=O)CCCN(C)S(=O)(=O)c1ccccc1. The van der Waals surface area contributed by atoms with Crippen molar-refractivity contribution in [3.8, 4) is 0 Å². The summed E-state index contributed by atoms with van der Waals surface area (Å²) in [5.74, 6) is -0.834. The molecular formula is C27H36FN3O4S. The van der Waals surface area contributed by atoms with Crippen LogP contribution in [0.4, 0.5) is 4.39 Å². The topological polar surface area (TPSA) is 86.8 Å². The minimum Gasteiger partial charge on any atom is -0.352 e. The molecule has 1 atom stereocenters. The Bertz CT molecular complexity index is 1100. The van der Waals surface area contributed by atoms with Crippen molar-refractivity contribution in [1.82, 2.24) is 14.5 Å². The second-order valence-electron chi connectivity index (χ2n) is 9.41. The van der Waals surface area contributed by atoms with Gasteiger partial charge in [-0.2, -0.15) is 0 Å². The maximum atomic E-state index is 13.4. The summed E-state index contributed by atoms with van der Waals surface area (Å²) in [6, 6.07) is 13.4. The van der Waals surface area contributed by atoms with E-state index in [0.717, 1.165) is 25.7 Å². The smallest absolute Gasteiger partial charge is 0.242 e. The summed E-state index contributed by atoms with van der Waals surface area (Å²) < 4.78 is 40.1. The molecule has 1 aliphatic carbocycles. The Hall–Kier alpha value is -2.78. The number of carbonyl (C=O) groups is 2. The highest BCUT2D eigenvalue weighted by atomic mass is 32.2. The minimum absolute atomic E-state index is 0.0803. The van der Waals surface area contributed by atoms with E-state index >= 15 is 0 Å². The van der Waals surface area contributed by atoms with E-state index in [-0.39, 0.29) is 48.1 Å². The van der Waals surface area contributed by atoms with E-state index in [2.05, 4.69) is 5.32 Å². The van der Waals surface area contributed by atoms with Crippen LogP contribution in [-0.4, -0.2) is 55.1 Å². The van der Waals surface area contributed by atoms with Crippen molar-refractivity contribution in [1.29, 1.82) is 0 Å². The predicted octanol–water partition coefficient (Wildman–Crippen LogP) is 4.09. The summed E-state index contributed by atoms with van der Waals surface area (Å²) in [7, 11) is -2.16. The monoisotopic (exact) mass is 517 g/mol. The van der Waals surface area contributed by atoms with Crippen LogP contribution in [0, 0.1) is 5.82 Å². The van der Waals surface area contributed by atoms with E-state index in [1.807, 2.05) is 0 Å². The van der Waals surface area contributed by atoms with Crippen LogP contribution in [0.1, 0.15) is 57.4 Å². The summed E-state index contributed by atoms with van der Waals surface area (Å²) in [4.78, 5) is 28.0. The van der Waals surface area contributed by atoms with Gasteiger partial charge in [0.25, 0.3) is 0 Å². The second kappa shape index (κ2) is 13.0. The summed E-state index contributed by atoms with van der Waals surface area (Å²) in [5.41, 5.74) is 0.714. The predicted molar refractivity (Wildman–Crippen MR) is 137 cm³/mol. The molecule has 7 nitrogen and oxygen atoms in total. The van der Waals surface area contributed by atoms with E-state index in [1.165, 1.54) is 46.9 Å². The zero-order valence-electron chi connectivity index (χ0n) is 21.0. The fourth-order valence-corrected chi connectivity index (χ4v) is 5.66. The maximum absolute atomic E-state index is 13.4. The largest absolute Gasteiger partial charge is 0.352 e. The van der Waals surface area contributed by atoms with Gasteiger partial charge in [0, 0.05) is 32.6 Å². The third-order valence-corrected chi connectivity index (χ3v) is 8.57. The Morgan fingerprint density at radius 3 is 2.31 bits per heavy atom. The molecule has 2 aromatic carbocycles. The van der Waals surface area contributed by atoms with Gasteiger partial charge in [-0.1, -0.05) is 49.6 Å².